The highest BCUT2D eigenvalue weighted by Gasteiger charge is 2.22. The molecule has 0 radical (unpaired) electrons. The van der Waals surface area contributed by atoms with Crippen molar-refractivity contribution in [2.24, 2.45) is 0 Å². The van der Waals surface area contributed by atoms with E-state index in [9.17, 15) is 0 Å². The monoisotopic (exact) mass is 1070 g/mol. The van der Waals surface area contributed by atoms with Crippen LogP contribution < -0.4 is 0 Å². The van der Waals surface area contributed by atoms with Gasteiger partial charge in [0.1, 0.15) is 11.6 Å². The smallest absolute Gasteiger partial charge is 0.138 e. The van der Waals surface area contributed by atoms with Gasteiger partial charge < -0.3 is 9.13 Å². The quantitative estimate of drug-likeness (QED) is 0.167. The molecule has 18 rings (SSSR count). The van der Waals surface area contributed by atoms with Gasteiger partial charge in [0.15, 0.2) is 0 Å². The number of rotatable bonds is 6. The zero-order valence-electron chi connectivity index (χ0n) is 45.4. The molecule has 7 heterocycles. The summed E-state index contributed by atoms with van der Waals surface area (Å²) in [5, 5.41) is 14.8. The second kappa shape index (κ2) is 19.1. The minimum Gasteiger partial charge on any atom is -0.309 e. The van der Waals surface area contributed by atoms with Crippen LogP contribution in [0.5, 0.6) is 0 Å². The van der Waals surface area contributed by atoms with E-state index in [1.54, 1.807) is 0 Å². The van der Waals surface area contributed by atoms with Gasteiger partial charge >= 0.3 is 0 Å². The Bertz CT molecular complexity index is 5250. The third-order valence-electron chi connectivity index (χ3n) is 16.9. The standard InChI is InChI=1S/C39H25N3.C38H24N4/c1-3-11-26(12-4-1)27-21-22-40-38(24-27)42-36-18-10-8-16-31(36)34-23-28-19-20-32-30-15-7-9-17-35(30)41(29-13-5-2-6-14-29)39(32)33(28)25-37(34)42;1-2-9-27(10-3-1)41-34-14-6-4-11-28(34)30-18-17-26-23-32-29-12-5-7-15-35(29)42(36(32)24-31(26)38(30)41)37-16-8-13-33(40-37)25-19-21-39-22-20-25/h1-25H;1-24H. The first-order chi connectivity index (χ1) is 41.7. The molecule has 0 fully saturated rings. The number of benzene rings is 11. The van der Waals surface area contributed by atoms with Gasteiger partial charge in [0.25, 0.3) is 0 Å². The summed E-state index contributed by atoms with van der Waals surface area (Å²) in [5.41, 5.74) is 16.1. The highest BCUT2D eigenvalue weighted by atomic mass is 15.1. The molecule has 7 aromatic heterocycles. The average Bonchev–Trinajstić information content (AvgIpc) is 2.14. The molecule has 0 aliphatic carbocycles. The molecule has 0 atom stereocenters. The van der Waals surface area contributed by atoms with Crippen molar-refractivity contribution in [1.29, 1.82) is 0 Å². The van der Waals surface area contributed by atoms with Gasteiger partial charge in [0.05, 0.1) is 49.8 Å². The maximum absolute atomic E-state index is 5.16. The minimum atomic E-state index is 0.894. The number of hydrogen-bond acceptors (Lipinski definition) is 3. The van der Waals surface area contributed by atoms with E-state index >= 15 is 0 Å². The normalized spacial score (nSPS) is 11.8. The Morgan fingerprint density at radius 1 is 0.238 bits per heavy atom. The lowest BCUT2D eigenvalue weighted by Gasteiger charge is -2.12. The van der Waals surface area contributed by atoms with Crippen molar-refractivity contribution in [3.8, 4) is 45.4 Å². The van der Waals surface area contributed by atoms with Crippen LogP contribution >= 0.6 is 0 Å². The highest BCUT2D eigenvalue weighted by Crippen LogP contribution is 2.43. The topological polar surface area (TPSA) is 58.4 Å². The van der Waals surface area contributed by atoms with Crippen LogP contribution in [0.25, 0.3) is 154 Å². The molecule has 11 aromatic carbocycles. The number of para-hydroxylation sites is 6. The van der Waals surface area contributed by atoms with Crippen LogP contribution in [0.4, 0.5) is 0 Å². The van der Waals surface area contributed by atoms with Crippen LogP contribution in [0.2, 0.25) is 0 Å². The summed E-state index contributed by atoms with van der Waals surface area (Å²) in [6, 6.07) is 99.7. The van der Waals surface area contributed by atoms with E-state index in [1.807, 2.05) is 30.7 Å². The molecule has 0 saturated carbocycles. The van der Waals surface area contributed by atoms with Gasteiger partial charge in [-0.05, 0) is 131 Å². The lowest BCUT2D eigenvalue weighted by Crippen LogP contribution is -1.99. The third-order valence-corrected chi connectivity index (χ3v) is 16.9. The fourth-order valence-corrected chi connectivity index (χ4v) is 13.3. The lowest BCUT2D eigenvalue weighted by atomic mass is 10.0. The van der Waals surface area contributed by atoms with Crippen molar-refractivity contribution in [3.05, 3.63) is 298 Å². The highest BCUT2D eigenvalue weighted by molar-refractivity contribution is 6.24. The van der Waals surface area contributed by atoms with Gasteiger partial charge in [0.2, 0.25) is 0 Å². The molecule has 0 unspecified atom stereocenters. The summed E-state index contributed by atoms with van der Waals surface area (Å²) in [4.78, 5) is 14.3. The van der Waals surface area contributed by atoms with E-state index in [-0.39, 0.29) is 0 Å². The number of nitrogens with zero attached hydrogens (tertiary/aromatic N) is 7. The molecule has 0 aliphatic heterocycles. The van der Waals surface area contributed by atoms with Gasteiger partial charge in [-0.3, -0.25) is 14.1 Å². The van der Waals surface area contributed by atoms with Crippen LogP contribution in [0.1, 0.15) is 0 Å². The number of fused-ring (bicyclic) bond motifs is 16. The first-order valence-corrected chi connectivity index (χ1v) is 28.5. The summed E-state index contributed by atoms with van der Waals surface area (Å²) >= 11 is 0. The molecule has 392 valence electrons. The molecule has 0 amide bonds. The Labute approximate surface area is 482 Å². The maximum atomic E-state index is 5.16. The predicted molar refractivity (Wildman–Crippen MR) is 350 cm³/mol. The zero-order valence-corrected chi connectivity index (χ0v) is 45.4. The van der Waals surface area contributed by atoms with Gasteiger partial charge in [-0.15, -0.1) is 0 Å². The summed E-state index contributed by atoms with van der Waals surface area (Å²) < 4.78 is 9.46. The van der Waals surface area contributed by atoms with E-state index in [2.05, 4.69) is 290 Å². The van der Waals surface area contributed by atoms with E-state index in [1.165, 1.54) is 92.3 Å². The summed E-state index contributed by atoms with van der Waals surface area (Å²) in [6.07, 6.45) is 5.55. The average molecular weight is 1070 g/mol. The van der Waals surface area contributed by atoms with Crippen LogP contribution in [-0.4, -0.2) is 33.2 Å². The third kappa shape index (κ3) is 7.42. The second-order valence-corrected chi connectivity index (χ2v) is 21.6. The largest absolute Gasteiger partial charge is 0.309 e. The first-order valence-electron chi connectivity index (χ1n) is 28.5. The van der Waals surface area contributed by atoms with E-state index in [4.69, 9.17) is 9.97 Å². The number of pyridine rings is 3. The van der Waals surface area contributed by atoms with Gasteiger partial charge in [-0.1, -0.05) is 170 Å². The van der Waals surface area contributed by atoms with E-state index < -0.39 is 0 Å². The summed E-state index contributed by atoms with van der Waals surface area (Å²) in [5.74, 6) is 1.81. The second-order valence-electron chi connectivity index (χ2n) is 21.6. The Kier molecular flexibility index (Phi) is 10.8. The minimum absolute atomic E-state index is 0.894. The first kappa shape index (κ1) is 47.4. The van der Waals surface area contributed by atoms with Crippen molar-refractivity contribution in [1.82, 2.24) is 33.2 Å². The molecule has 0 bridgehead atoms. The zero-order chi connectivity index (χ0) is 55.2. The fourth-order valence-electron chi connectivity index (χ4n) is 13.3. The van der Waals surface area contributed by atoms with Crippen molar-refractivity contribution < 1.29 is 0 Å². The Hall–Kier alpha value is -11.4. The molecule has 7 nitrogen and oxygen atoms in total. The molecule has 84 heavy (non-hydrogen) atoms. The van der Waals surface area contributed by atoms with Crippen molar-refractivity contribution in [3.63, 3.8) is 0 Å². The molecule has 0 aliphatic rings. The summed E-state index contributed by atoms with van der Waals surface area (Å²) in [6.45, 7) is 0. The molecule has 0 N–H and O–H groups in total. The van der Waals surface area contributed by atoms with Crippen LogP contribution in [-0.2, 0) is 0 Å². The van der Waals surface area contributed by atoms with Crippen LogP contribution in [0.15, 0.2) is 298 Å². The van der Waals surface area contributed by atoms with Crippen molar-refractivity contribution >= 4 is 109 Å². The Balaban J connectivity index is 0.000000132. The SMILES string of the molecule is c1ccc(-c2ccnc(-n3c4ccccc4c4cc5ccc6c7ccccc7n(-c7ccccc7)c6c5cc43)c2)cc1.c1ccc(-n2c3ccccc3c3ccc4cc5c6ccccc6n(-c6cccc(-c7ccncc7)n6)c5cc4c32)cc1. The van der Waals surface area contributed by atoms with Gasteiger partial charge in [-0.2, -0.15) is 0 Å². The Morgan fingerprint density at radius 3 is 1.20 bits per heavy atom. The molecular formula is C77H49N7. The number of aromatic nitrogens is 7. The van der Waals surface area contributed by atoms with Gasteiger partial charge in [0, 0.05) is 89.4 Å². The van der Waals surface area contributed by atoms with Crippen LogP contribution in [0, 0.1) is 0 Å². The molecule has 0 saturated heterocycles. The molecule has 7 heteroatoms. The van der Waals surface area contributed by atoms with E-state index in [0.29, 0.717) is 0 Å². The predicted octanol–water partition coefficient (Wildman–Crippen LogP) is 19.6. The van der Waals surface area contributed by atoms with Gasteiger partial charge in [-0.25, -0.2) is 9.97 Å². The van der Waals surface area contributed by atoms with Crippen molar-refractivity contribution in [2.45, 2.75) is 0 Å². The van der Waals surface area contributed by atoms with E-state index in [0.717, 1.165) is 61.9 Å². The molecule has 0 spiro atoms. The Morgan fingerprint density at radius 2 is 0.679 bits per heavy atom. The summed E-state index contributed by atoms with van der Waals surface area (Å²) in [7, 11) is 0. The number of hydrogen-bond donors (Lipinski definition) is 0. The van der Waals surface area contributed by atoms with Crippen LogP contribution in [0.3, 0.4) is 0 Å². The van der Waals surface area contributed by atoms with Crippen molar-refractivity contribution in [2.75, 3.05) is 0 Å². The maximum Gasteiger partial charge on any atom is 0.138 e. The lowest BCUT2D eigenvalue weighted by molar-refractivity contribution is 1.08. The fraction of sp³-hybridized carbons (Fsp3) is 0. The molecular weight excluding hydrogens is 1020 g/mol. The molecule has 18 aromatic rings.